The number of benzene rings is 2. The van der Waals surface area contributed by atoms with Gasteiger partial charge in [-0.3, -0.25) is 4.79 Å². The lowest BCUT2D eigenvalue weighted by molar-refractivity contribution is 0.102. The minimum absolute atomic E-state index is 0.109. The molecular formula is C19H21ClN2O. The minimum Gasteiger partial charge on any atom is -0.370 e. The van der Waals surface area contributed by atoms with Gasteiger partial charge in [-0.15, -0.1) is 0 Å². The molecule has 0 spiro atoms. The molecule has 2 aromatic carbocycles. The van der Waals surface area contributed by atoms with Crippen molar-refractivity contribution in [1.82, 2.24) is 0 Å². The van der Waals surface area contributed by atoms with E-state index >= 15 is 0 Å². The molecule has 4 heteroatoms. The van der Waals surface area contributed by atoms with Crippen LogP contribution in [0, 0.1) is 13.8 Å². The summed E-state index contributed by atoms with van der Waals surface area (Å²) < 4.78 is 0. The lowest BCUT2D eigenvalue weighted by Crippen LogP contribution is -2.18. The summed E-state index contributed by atoms with van der Waals surface area (Å²) in [7, 11) is 0. The summed E-state index contributed by atoms with van der Waals surface area (Å²) in [6.45, 7) is 6.08. The van der Waals surface area contributed by atoms with E-state index in [4.69, 9.17) is 11.6 Å². The van der Waals surface area contributed by atoms with Crippen LogP contribution in [0.4, 0.5) is 11.4 Å². The van der Waals surface area contributed by atoms with Crippen molar-refractivity contribution in [2.24, 2.45) is 0 Å². The third-order valence-electron chi connectivity index (χ3n) is 4.14. The van der Waals surface area contributed by atoms with E-state index in [1.807, 2.05) is 44.2 Å². The average molecular weight is 329 g/mol. The van der Waals surface area contributed by atoms with Crippen molar-refractivity contribution < 1.29 is 4.79 Å². The predicted octanol–water partition coefficient (Wildman–Crippen LogP) is 4.81. The molecule has 0 aliphatic carbocycles. The van der Waals surface area contributed by atoms with Gasteiger partial charge in [0.1, 0.15) is 0 Å². The maximum atomic E-state index is 12.4. The quantitative estimate of drug-likeness (QED) is 0.877. The maximum absolute atomic E-state index is 12.4. The third kappa shape index (κ3) is 3.67. The lowest BCUT2D eigenvalue weighted by Gasteiger charge is -2.19. The van der Waals surface area contributed by atoms with Crippen molar-refractivity contribution in [3.05, 3.63) is 58.1 Å². The van der Waals surface area contributed by atoms with Gasteiger partial charge < -0.3 is 10.2 Å². The summed E-state index contributed by atoms with van der Waals surface area (Å²) in [6.07, 6.45) is 2.42. The van der Waals surface area contributed by atoms with Gasteiger partial charge in [-0.25, -0.2) is 0 Å². The number of hydrogen-bond acceptors (Lipinski definition) is 2. The van der Waals surface area contributed by atoms with Gasteiger partial charge in [0, 0.05) is 24.3 Å². The molecule has 1 saturated heterocycles. The molecule has 1 aliphatic heterocycles. The van der Waals surface area contributed by atoms with Gasteiger partial charge in [0.2, 0.25) is 0 Å². The Labute approximate surface area is 142 Å². The van der Waals surface area contributed by atoms with E-state index in [-0.39, 0.29) is 5.91 Å². The number of nitrogens with one attached hydrogen (secondary N) is 1. The number of aryl methyl sites for hydroxylation is 2. The summed E-state index contributed by atoms with van der Waals surface area (Å²) in [5.74, 6) is -0.109. The maximum Gasteiger partial charge on any atom is 0.255 e. The van der Waals surface area contributed by atoms with Crippen LogP contribution in [-0.2, 0) is 0 Å². The molecule has 23 heavy (non-hydrogen) atoms. The second kappa shape index (κ2) is 6.63. The van der Waals surface area contributed by atoms with Crippen LogP contribution in [0.1, 0.15) is 34.3 Å². The van der Waals surface area contributed by atoms with Crippen LogP contribution in [0.15, 0.2) is 36.4 Å². The molecule has 0 saturated carbocycles. The van der Waals surface area contributed by atoms with Crippen molar-refractivity contribution in [1.29, 1.82) is 0 Å². The van der Waals surface area contributed by atoms with E-state index in [0.29, 0.717) is 10.6 Å². The van der Waals surface area contributed by atoms with Gasteiger partial charge in [0.05, 0.1) is 10.7 Å². The smallest absolute Gasteiger partial charge is 0.255 e. The van der Waals surface area contributed by atoms with Crippen LogP contribution in [0.5, 0.6) is 0 Å². The minimum atomic E-state index is -0.109. The number of amides is 1. The first-order valence-corrected chi connectivity index (χ1v) is 8.35. The van der Waals surface area contributed by atoms with Crippen LogP contribution >= 0.6 is 11.6 Å². The van der Waals surface area contributed by atoms with Crippen LogP contribution in [0.3, 0.4) is 0 Å². The first-order chi connectivity index (χ1) is 11.0. The molecule has 0 aromatic heterocycles. The van der Waals surface area contributed by atoms with Crippen LogP contribution in [0.2, 0.25) is 5.02 Å². The number of hydrogen-bond donors (Lipinski definition) is 1. The molecule has 3 nitrogen and oxygen atoms in total. The monoisotopic (exact) mass is 328 g/mol. The highest BCUT2D eigenvalue weighted by molar-refractivity contribution is 6.33. The largest absolute Gasteiger partial charge is 0.370 e. The van der Waals surface area contributed by atoms with E-state index in [2.05, 4.69) is 16.3 Å². The standard InChI is InChI=1S/C19H21ClN2O/c1-13-9-14(2)11-15(10-13)19(23)21-16-5-6-18(17(20)12-16)22-7-3-4-8-22/h5-6,9-12H,3-4,7-8H2,1-2H3,(H,21,23). The fourth-order valence-corrected chi connectivity index (χ4v) is 3.41. The van der Waals surface area contributed by atoms with E-state index < -0.39 is 0 Å². The molecule has 1 heterocycles. The van der Waals surface area contributed by atoms with Crippen molar-refractivity contribution in [3.8, 4) is 0 Å². The molecule has 0 bridgehead atoms. The summed E-state index contributed by atoms with van der Waals surface area (Å²) in [4.78, 5) is 14.7. The summed E-state index contributed by atoms with van der Waals surface area (Å²) >= 11 is 6.40. The Morgan fingerprint density at radius 2 is 1.70 bits per heavy atom. The molecule has 0 atom stereocenters. The zero-order valence-electron chi connectivity index (χ0n) is 13.5. The first-order valence-electron chi connectivity index (χ1n) is 7.97. The fraction of sp³-hybridized carbons (Fsp3) is 0.316. The molecule has 120 valence electrons. The Hall–Kier alpha value is -2.00. The van der Waals surface area contributed by atoms with Crippen molar-refractivity contribution >= 4 is 28.9 Å². The van der Waals surface area contributed by atoms with Crippen molar-refractivity contribution in [2.75, 3.05) is 23.3 Å². The molecule has 2 aromatic rings. The van der Waals surface area contributed by atoms with Crippen LogP contribution in [-0.4, -0.2) is 19.0 Å². The van der Waals surface area contributed by atoms with Gasteiger partial charge in [-0.05, 0) is 57.0 Å². The summed E-state index contributed by atoms with van der Waals surface area (Å²) in [5, 5.41) is 3.61. The second-order valence-corrected chi connectivity index (χ2v) is 6.60. The normalized spacial score (nSPS) is 14.1. The summed E-state index contributed by atoms with van der Waals surface area (Å²) in [5.41, 5.74) is 4.60. The number of nitrogens with zero attached hydrogens (tertiary/aromatic N) is 1. The van der Waals surface area contributed by atoms with Crippen LogP contribution < -0.4 is 10.2 Å². The second-order valence-electron chi connectivity index (χ2n) is 6.19. The molecule has 1 aliphatic rings. The Bertz CT molecular complexity index is 716. The SMILES string of the molecule is Cc1cc(C)cc(C(=O)Nc2ccc(N3CCCC3)c(Cl)c2)c1. The van der Waals surface area contributed by atoms with E-state index in [9.17, 15) is 4.79 Å². The van der Waals surface area contributed by atoms with Crippen molar-refractivity contribution in [3.63, 3.8) is 0 Å². The van der Waals surface area contributed by atoms with E-state index in [1.54, 1.807) is 0 Å². The summed E-state index contributed by atoms with van der Waals surface area (Å²) in [6, 6.07) is 11.6. The third-order valence-corrected chi connectivity index (χ3v) is 4.44. The highest BCUT2D eigenvalue weighted by atomic mass is 35.5. The average Bonchev–Trinajstić information content (AvgIpc) is 3.00. The van der Waals surface area contributed by atoms with Gasteiger partial charge >= 0.3 is 0 Å². The predicted molar refractivity (Wildman–Crippen MR) is 96.8 cm³/mol. The number of carbonyl (C=O) groups is 1. The van der Waals surface area contributed by atoms with Gasteiger partial charge in [-0.2, -0.15) is 0 Å². The number of halogens is 1. The molecule has 0 radical (unpaired) electrons. The highest BCUT2D eigenvalue weighted by Gasteiger charge is 2.16. The molecule has 1 N–H and O–H groups in total. The lowest BCUT2D eigenvalue weighted by atomic mass is 10.1. The number of anilines is 2. The zero-order valence-corrected chi connectivity index (χ0v) is 14.3. The zero-order chi connectivity index (χ0) is 16.4. The van der Waals surface area contributed by atoms with E-state index in [0.717, 1.165) is 35.6 Å². The highest BCUT2D eigenvalue weighted by Crippen LogP contribution is 2.31. The molecule has 3 rings (SSSR count). The Balaban J connectivity index is 1.77. The molecule has 1 fully saturated rings. The van der Waals surface area contributed by atoms with Crippen molar-refractivity contribution in [2.45, 2.75) is 26.7 Å². The first kappa shape index (κ1) is 15.9. The molecule has 0 unspecified atom stereocenters. The Morgan fingerprint density at radius 1 is 1.04 bits per heavy atom. The number of carbonyl (C=O) groups excluding carboxylic acids is 1. The van der Waals surface area contributed by atoms with Gasteiger partial charge in [-0.1, -0.05) is 28.8 Å². The Kier molecular flexibility index (Phi) is 4.58. The van der Waals surface area contributed by atoms with Gasteiger partial charge in [0.15, 0.2) is 0 Å². The Morgan fingerprint density at radius 3 is 2.30 bits per heavy atom. The fourth-order valence-electron chi connectivity index (χ4n) is 3.11. The molecular weight excluding hydrogens is 308 g/mol. The topological polar surface area (TPSA) is 32.3 Å². The molecule has 1 amide bonds. The van der Waals surface area contributed by atoms with Crippen LogP contribution in [0.25, 0.3) is 0 Å². The number of rotatable bonds is 3. The van der Waals surface area contributed by atoms with E-state index in [1.165, 1.54) is 12.8 Å². The van der Waals surface area contributed by atoms with Gasteiger partial charge in [0.25, 0.3) is 5.91 Å².